The van der Waals surface area contributed by atoms with Gasteiger partial charge in [0.25, 0.3) is 5.91 Å². The van der Waals surface area contributed by atoms with Crippen LogP contribution in [0.1, 0.15) is 58.1 Å². The zero-order valence-electron chi connectivity index (χ0n) is 13.4. The second-order valence-electron chi connectivity index (χ2n) is 6.52. The van der Waals surface area contributed by atoms with Crippen molar-refractivity contribution < 1.29 is 22.5 Å². The van der Waals surface area contributed by atoms with E-state index in [1.165, 1.54) is 11.0 Å². The van der Waals surface area contributed by atoms with Gasteiger partial charge in [-0.1, -0.05) is 5.16 Å². The van der Waals surface area contributed by atoms with E-state index in [0.29, 0.717) is 30.5 Å². The molecule has 2 aromatic heterocycles. The van der Waals surface area contributed by atoms with Gasteiger partial charge in [-0.3, -0.25) is 4.79 Å². The Bertz CT molecular complexity index is 823. The summed E-state index contributed by atoms with van der Waals surface area (Å²) in [6.07, 6.45) is -2.95. The third-order valence-corrected chi connectivity index (χ3v) is 4.44. The van der Waals surface area contributed by atoms with Crippen molar-refractivity contribution >= 4 is 5.91 Å². The van der Waals surface area contributed by atoms with Crippen LogP contribution in [-0.2, 0) is 6.18 Å². The van der Waals surface area contributed by atoms with Gasteiger partial charge in [0.1, 0.15) is 5.69 Å². The van der Waals surface area contributed by atoms with Crippen molar-refractivity contribution in [2.24, 2.45) is 0 Å². The molecule has 1 saturated heterocycles. The van der Waals surface area contributed by atoms with Crippen molar-refractivity contribution in [2.45, 2.75) is 37.8 Å². The summed E-state index contributed by atoms with van der Waals surface area (Å²) in [4.78, 5) is 21.8. The lowest BCUT2D eigenvalue weighted by Crippen LogP contribution is -2.48. The molecular weight excluding hydrogens is 337 g/mol. The average molecular weight is 352 g/mol. The molecule has 3 heterocycles. The molecule has 6 nitrogen and oxygen atoms in total. The maximum Gasteiger partial charge on any atom is 0.433 e. The molecular formula is C16H15F3N4O2. The highest BCUT2D eigenvalue weighted by Gasteiger charge is 2.39. The standard InChI is InChI=1S/C16H15F3N4O2/c1-8-20-14(25-22-8)11-6-23(7-11)15(24)10-4-12(9-2-3-9)21-13(5-10)16(17,18)19/h4-5,9,11H,2-3,6-7H2,1H3. The summed E-state index contributed by atoms with van der Waals surface area (Å²) in [6, 6.07) is 2.32. The number of hydrogen-bond donors (Lipinski definition) is 0. The molecule has 25 heavy (non-hydrogen) atoms. The van der Waals surface area contributed by atoms with Gasteiger partial charge in [-0.05, 0) is 31.9 Å². The Morgan fingerprint density at radius 1 is 1.20 bits per heavy atom. The summed E-state index contributed by atoms with van der Waals surface area (Å²) in [5.74, 6) is 0.488. The van der Waals surface area contributed by atoms with Crippen LogP contribution in [0.3, 0.4) is 0 Å². The monoisotopic (exact) mass is 352 g/mol. The Morgan fingerprint density at radius 3 is 2.48 bits per heavy atom. The molecule has 132 valence electrons. The first-order chi connectivity index (χ1) is 11.8. The average Bonchev–Trinajstić information content (AvgIpc) is 3.27. The number of aryl methyl sites for hydroxylation is 1. The summed E-state index contributed by atoms with van der Waals surface area (Å²) in [7, 11) is 0. The molecule has 1 amide bonds. The van der Waals surface area contributed by atoms with Gasteiger partial charge in [0.15, 0.2) is 5.82 Å². The zero-order chi connectivity index (χ0) is 17.8. The summed E-state index contributed by atoms with van der Waals surface area (Å²) in [6.45, 7) is 2.40. The minimum atomic E-state index is -4.57. The quantitative estimate of drug-likeness (QED) is 0.849. The number of nitrogens with zero attached hydrogens (tertiary/aromatic N) is 4. The van der Waals surface area contributed by atoms with E-state index in [1.54, 1.807) is 6.92 Å². The van der Waals surface area contributed by atoms with Gasteiger partial charge in [-0.15, -0.1) is 0 Å². The predicted octanol–water partition coefficient (Wildman–Crippen LogP) is 2.91. The van der Waals surface area contributed by atoms with Crippen LogP contribution >= 0.6 is 0 Å². The molecule has 0 atom stereocenters. The van der Waals surface area contributed by atoms with Crippen LogP contribution in [0.2, 0.25) is 0 Å². The van der Waals surface area contributed by atoms with Crippen molar-refractivity contribution in [1.82, 2.24) is 20.0 Å². The Balaban J connectivity index is 1.53. The molecule has 4 rings (SSSR count). The van der Waals surface area contributed by atoms with Crippen molar-refractivity contribution in [3.05, 3.63) is 40.8 Å². The Kier molecular flexibility index (Phi) is 3.55. The molecule has 2 fully saturated rings. The molecule has 2 aliphatic rings. The molecule has 0 bridgehead atoms. The molecule has 0 spiro atoms. The zero-order valence-corrected chi connectivity index (χ0v) is 13.4. The number of carbonyl (C=O) groups is 1. The van der Waals surface area contributed by atoms with E-state index in [1.807, 2.05) is 0 Å². The van der Waals surface area contributed by atoms with Crippen LogP contribution in [0, 0.1) is 6.92 Å². The number of halogens is 3. The number of rotatable bonds is 3. The predicted molar refractivity (Wildman–Crippen MR) is 78.9 cm³/mol. The lowest BCUT2D eigenvalue weighted by molar-refractivity contribution is -0.141. The fourth-order valence-corrected chi connectivity index (χ4v) is 2.87. The molecule has 0 N–H and O–H groups in total. The van der Waals surface area contributed by atoms with E-state index in [4.69, 9.17) is 4.52 Å². The normalized spacial score (nSPS) is 18.3. The van der Waals surface area contributed by atoms with Gasteiger partial charge in [0, 0.05) is 30.3 Å². The number of amides is 1. The van der Waals surface area contributed by atoms with E-state index >= 15 is 0 Å². The van der Waals surface area contributed by atoms with Crippen molar-refractivity contribution in [2.75, 3.05) is 13.1 Å². The molecule has 9 heteroatoms. The van der Waals surface area contributed by atoms with E-state index < -0.39 is 17.8 Å². The second kappa shape index (κ2) is 5.53. The van der Waals surface area contributed by atoms with Crippen molar-refractivity contribution in [3.8, 4) is 0 Å². The van der Waals surface area contributed by atoms with Crippen LogP contribution < -0.4 is 0 Å². The van der Waals surface area contributed by atoms with Crippen LogP contribution in [0.5, 0.6) is 0 Å². The van der Waals surface area contributed by atoms with Crippen molar-refractivity contribution in [1.29, 1.82) is 0 Å². The molecule has 0 unspecified atom stereocenters. The van der Waals surface area contributed by atoms with Crippen LogP contribution in [0.25, 0.3) is 0 Å². The van der Waals surface area contributed by atoms with Crippen LogP contribution in [-0.4, -0.2) is 39.0 Å². The Morgan fingerprint density at radius 2 is 1.92 bits per heavy atom. The van der Waals surface area contributed by atoms with Crippen LogP contribution in [0.4, 0.5) is 13.2 Å². The molecule has 1 saturated carbocycles. The molecule has 0 radical (unpaired) electrons. The summed E-state index contributed by atoms with van der Waals surface area (Å²) in [5, 5.41) is 3.70. The Labute approximate surface area is 141 Å². The third-order valence-electron chi connectivity index (χ3n) is 4.44. The number of carbonyl (C=O) groups excluding carboxylic acids is 1. The maximum atomic E-state index is 13.1. The number of aromatic nitrogens is 3. The molecule has 2 aromatic rings. The van der Waals surface area contributed by atoms with E-state index in [9.17, 15) is 18.0 Å². The van der Waals surface area contributed by atoms with Crippen molar-refractivity contribution in [3.63, 3.8) is 0 Å². The van der Waals surface area contributed by atoms with Gasteiger partial charge >= 0.3 is 6.18 Å². The van der Waals surface area contributed by atoms with Crippen LogP contribution in [0.15, 0.2) is 16.7 Å². The summed E-state index contributed by atoms with van der Waals surface area (Å²) >= 11 is 0. The van der Waals surface area contributed by atoms with Gasteiger partial charge in [0.05, 0.1) is 5.92 Å². The molecule has 0 aromatic carbocycles. The topological polar surface area (TPSA) is 72.1 Å². The lowest BCUT2D eigenvalue weighted by atomic mass is 9.98. The largest absolute Gasteiger partial charge is 0.433 e. The lowest BCUT2D eigenvalue weighted by Gasteiger charge is -2.37. The van der Waals surface area contributed by atoms with E-state index in [-0.39, 0.29) is 17.4 Å². The number of pyridine rings is 1. The fraction of sp³-hybridized carbons (Fsp3) is 0.500. The first kappa shape index (κ1) is 16.0. The first-order valence-corrected chi connectivity index (χ1v) is 8.00. The number of hydrogen-bond acceptors (Lipinski definition) is 5. The summed E-state index contributed by atoms with van der Waals surface area (Å²) in [5.41, 5.74) is -0.628. The highest BCUT2D eigenvalue weighted by atomic mass is 19.4. The number of alkyl halides is 3. The highest BCUT2D eigenvalue weighted by molar-refractivity contribution is 5.95. The first-order valence-electron chi connectivity index (χ1n) is 8.00. The van der Waals surface area contributed by atoms with Gasteiger partial charge < -0.3 is 9.42 Å². The molecule has 1 aliphatic carbocycles. The van der Waals surface area contributed by atoms with Gasteiger partial charge in [-0.25, -0.2) is 4.98 Å². The minimum Gasteiger partial charge on any atom is -0.339 e. The second-order valence-corrected chi connectivity index (χ2v) is 6.52. The SMILES string of the molecule is Cc1noc(C2CN(C(=O)c3cc(C4CC4)nc(C(F)(F)F)c3)C2)n1. The third kappa shape index (κ3) is 3.10. The number of likely N-dealkylation sites (tertiary alicyclic amines) is 1. The summed E-state index contributed by atoms with van der Waals surface area (Å²) < 4.78 is 44.3. The smallest absolute Gasteiger partial charge is 0.339 e. The Hall–Kier alpha value is -2.45. The minimum absolute atomic E-state index is 0.0272. The van der Waals surface area contributed by atoms with E-state index in [2.05, 4.69) is 15.1 Å². The van der Waals surface area contributed by atoms with E-state index in [0.717, 1.165) is 18.9 Å². The van der Waals surface area contributed by atoms with Gasteiger partial charge in [-0.2, -0.15) is 18.2 Å². The fourth-order valence-electron chi connectivity index (χ4n) is 2.87. The molecule has 1 aliphatic heterocycles. The van der Waals surface area contributed by atoms with Gasteiger partial charge in [0.2, 0.25) is 5.89 Å². The maximum absolute atomic E-state index is 13.1. The highest BCUT2D eigenvalue weighted by Crippen LogP contribution is 2.41.